The molecule has 0 aliphatic carbocycles. The second-order valence-corrected chi connectivity index (χ2v) is 7.81. The molecule has 10 heteroatoms. The van der Waals surface area contributed by atoms with Crippen LogP contribution in [0.4, 0.5) is 5.82 Å². The van der Waals surface area contributed by atoms with Crippen LogP contribution in [-0.2, 0) is 11.2 Å². The minimum atomic E-state index is -0.245. The number of aromatic nitrogens is 4. The molecule has 0 atom stereocenters. The van der Waals surface area contributed by atoms with Gasteiger partial charge in [-0.05, 0) is 23.9 Å². The third-order valence-corrected chi connectivity index (χ3v) is 5.79. The number of anilines is 1. The van der Waals surface area contributed by atoms with Gasteiger partial charge in [-0.25, -0.2) is 9.97 Å². The maximum atomic E-state index is 12.1. The maximum absolute atomic E-state index is 12.1. The SMILES string of the molecule is Cc1c(Cl)cnc(NC(=O)CSc2n[nH]c(Cc3cccs3)n2)c1Cl. The molecule has 3 aromatic heterocycles. The van der Waals surface area contributed by atoms with Crippen LogP contribution >= 0.6 is 46.3 Å². The summed E-state index contributed by atoms with van der Waals surface area (Å²) >= 11 is 15.0. The Morgan fingerprint density at radius 2 is 2.28 bits per heavy atom. The van der Waals surface area contributed by atoms with Crippen molar-refractivity contribution in [3.8, 4) is 0 Å². The lowest BCUT2D eigenvalue weighted by molar-refractivity contribution is -0.113. The molecule has 25 heavy (non-hydrogen) atoms. The molecule has 0 aliphatic rings. The number of thioether (sulfide) groups is 1. The number of H-pyrrole nitrogens is 1. The molecule has 0 fully saturated rings. The largest absolute Gasteiger partial charge is 0.309 e. The summed E-state index contributed by atoms with van der Waals surface area (Å²) in [5, 5.41) is 13.0. The number of amides is 1. The van der Waals surface area contributed by atoms with E-state index in [0.717, 1.165) is 5.82 Å². The Hall–Kier alpha value is -1.61. The first-order valence-electron chi connectivity index (χ1n) is 7.20. The number of halogens is 2. The van der Waals surface area contributed by atoms with Crippen molar-refractivity contribution in [2.45, 2.75) is 18.5 Å². The molecule has 0 bridgehead atoms. The van der Waals surface area contributed by atoms with Gasteiger partial charge in [0.2, 0.25) is 11.1 Å². The van der Waals surface area contributed by atoms with E-state index in [-0.39, 0.29) is 11.7 Å². The fourth-order valence-corrected chi connectivity index (χ4v) is 3.66. The van der Waals surface area contributed by atoms with Crippen LogP contribution in [0.2, 0.25) is 10.0 Å². The van der Waals surface area contributed by atoms with E-state index in [0.29, 0.717) is 33.0 Å². The Morgan fingerprint density at radius 1 is 1.44 bits per heavy atom. The van der Waals surface area contributed by atoms with E-state index in [4.69, 9.17) is 23.2 Å². The molecule has 3 rings (SSSR count). The minimum absolute atomic E-state index is 0.149. The molecule has 0 saturated heterocycles. The van der Waals surface area contributed by atoms with Gasteiger partial charge in [0.05, 0.1) is 15.8 Å². The van der Waals surface area contributed by atoms with E-state index in [2.05, 4.69) is 25.5 Å². The van der Waals surface area contributed by atoms with Crippen LogP contribution in [0.5, 0.6) is 0 Å². The number of aromatic amines is 1. The zero-order valence-corrected chi connectivity index (χ0v) is 16.2. The first-order valence-corrected chi connectivity index (χ1v) is 9.82. The third kappa shape index (κ3) is 4.72. The molecule has 0 spiro atoms. The molecule has 0 aromatic carbocycles. The van der Waals surface area contributed by atoms with Crippen LogP contribution in [0.3, 0.4) is 0 Å². The van der Waals surface area contributed by atoms with Crippen LogP contribution in [0.25, 0.3) is 0 Å². The van der Waals surface area contributed by atoms with Crippen molar-refractivity contribution in [1.29, 1.82) is 0 Å². The molecule has 0 aliphatic heterocycles. The smallest absolute Gasteiger partial charge is 0.236 e. The highest BCUT2D eigenvalue weighted by molar-refractivity contribution is 7.99. The Balaban J connectivity index is 1.54. The molecular weight excluding hydrogens is 401 g/mol. The number of pyridine rings is 1. The van der Waals surface area contributed by atoms with Crippen molar-refractivity contribution in [2.75, 3.05) is 11.1 Å². The van der Waals surface area contributed by atoms with Gasteiger partial charge >= 0.3 is 0 Å². The number of carbonyl (C=O) groups is 1. The van der Waals surface area contributed by atoms with Crippen molar-refractivity contribution >= 4 is 58.0 Å². The molecular formula is C15H13Cl2N5OS2. The van der Waals surface area contributed by atoms with Gasteiger partial charge in [-0.3, -0.25) is 9.89 Å². The van der Waals surface area contributed by atoms with Crippen LogP contribution in [-0.4, -0.2) is 31.8 Å². The third-order valence-electron chi connectivity index (χ3n) is 3.23. The van der Waals surface area contributed by atoms with E-state index in [1.807, 2.05) is 17.5 Å². The first-order chi connectivity index (χ1) is 12.0. The molecule has 130 valence electrons. The molecule has 3 heterocycles. The molecule has 0 radical (unpaired) electrons. The number of hydrogen-bond acceptors (Lipinski definition) is 6. The van der Waals surface area contributed by atoms with Gasteiger partial charge in [0, 0.05) is 17.5 Å². The normalized spacial score (nSPS) is 10.8. The van der Waals surface area contributed by atoms with Crippen molar-refractivity contribution < 1.29 is 4.79 Å². The number of hydrogen-bond donors (Lipinski definition) is 2. The van der Waals surface area contributed by atoms with Crippen molar-refractivity contribution in [3.05, 3.63) is 50.0 Å². The molecule has 2 N–H and O–H groups in total. The average Bonchev–Trinajstić information content (AvgIpc) is 3.26. The highest BCUT2D eigenvalue weighted by Gasteiger charge is 2.13. The predicted molar refractivity (Wildman–Crippen MR) is 102 cm³/mol. The summed E-state index contributed by atoms with van der Waals surface area (Å²) in [7, 11) is 0. The summed E-state index contributed by atoms with van der Waals surface area (Å²) < 4.78 is 0. The molecule has 6 nitrogen and oxygen atoms in total. The van der Waals surface area contributed by atoms with Gasteiger partial charge in [-0.15, -0.1) is 16.4 Å². The van der Waals surface area contributed by atoms with Crippen molar-refractivity contribution in [3.63, 3.8) is 0 Å². The highest BCUT2D eigenvalue weighted by atomic mass is 35.5. The zero-order valence-electron chi connectivity index (χ0n) is 13.0. The Bertz CT molecular complexity index is 882. The summed E-state index contributed by atoms with van der Waals surface area (Å²) in [4.78, 5) is 21.7. The van der Waals surface area contributed by atoms with Gasteiger partial charge in [-0.1, -0.05) is 41.0 Å². The summed E-state index contributed by atoms with van der Waals surface area (Å²) in [5.41, 5.74) is 0.675. The second-order valence-electron chi connectivity index (χ2n) is 5.05. The molecule has 0 unspecified atom stereocenters. The van der Waals surface area contributed by atoms with Gasteiger partial charge in [0.15, 0.2) is 5.82 Å². The van der Waals surface area contributed by atoms with Crippen LogP contribution in [0.1, 0.15) is 16.3 Å². The topological polar surface area (TPSA) is 83.6 Å². The van der Waals surface area contributed by atoms with Crippen LogP contribution in [0, 0.1) is 6.92 Å². The van der Waals surface area contributed by atoms with Crippen molar-refractivity contribution in [1.82, 2.24) is 20.2 Å². The van der Waals surface area contributed by atoms with Gasteiger partial charge in [0.25, 0.3) is 0 Å². The lowest BCUT2D eigenvalue weighted by Gasteiger charge is -2.08. The van der Waals surface area contributed by atoms with E-state index in [9.17, 15) is 4.79 Å². The number of thiophene rings is 1. The van der Waals surface area contributed by atoms with Crippen LogP contribution < -0.4 is 5.32 Å². The number of rotatable bonds is 6. The molecule has 1 amide bonds. The van der Waals surface area contributed by atoms with Crippen LogP contribution in [0.15, 0.2) is 28.9 Å². The Morgan fingerprint density at radius 3 is 3.04 bits per heavy atom. The monoisotopic (exact) mass is 413 g/mol. The summed E-state index contributed by atoms with van der Waals surface area (Å²) in [6.45, 7) is 1.76. The van der Waals surface area contributed by atoms with Gasteiger partial charge < -0.3 is 5.32 Å². The van der Waals surface area contributed by atoms with Gasteiger partial charge in [-0.2, -0.15) is 0 Å². The second kappa shape index (κ2) is 8.18. The number of nitrogens with one attached hydrogen (secondary N) is 2. The fourth-order valence-electron chi connectivity index (χ4n) is 1.94. The van der Waals surface area contributed by atoms with E-state index >= 15 is 0 Å². The lowest BCUT2D eigenvalue weighted by Crippen LogP contribution is -2.15. The van der Waals surface area contributed by atoms with Gasteiger partial charge in [0.1, 0.15) is 5.82 Å². The number of carbonyl (C=O) groups excluding carboxylic acids is 1. The highest BCUT2D eigenvalue weighted by Crippen LogP contribution is 2.28. The summed E-state index contributed by atoms with van der Waals surface area (Å²) in [6.07, 6.45) is 2.15. The van der Waals surface area contributed by atoms with E-state index in [1.165, 1.54) is 22.8 Å². The first kappa shape index (κ1) is 18.2. The van der Waals surface area contributed by atoms with E-state index < -0.39 is 0 Å². The van der Waals surface area contributed by atoms with E-state index in [1.54, 1.807) is 18.3 Å². The number of nitrogens with zero attached hydrogens (tertiary/aromatic N) is 3. The predicted octanol–water partition coefficient (Wildman–Crippen LogP) is 4.20. The molecule has 3 aromatic rings. The summed E-state index contributed by atoms with van der Waals surface area (Å²) in [5.74, 6) is 0.965. The standard InChI is InChI=1S/C15H13Cl2N5OS2/c1-8-10(16)6-18-14(13(8)17)20-12(23)7-25-15-19-11(21-22-15)5-9-3-2-4-24-9/h2-4,6H,5,7H2,1H3,(H,18,20,23)(H,19,21,22). The summed E-state index contributed by atoms with van der Waals surface area (Å²) in [6, 6.07) is 4.03. The van der Waals surface area contributed by atoms with Crippen molar-refractivity contribution in [2.24, 2.45) is 0 Å². The zero-order chi connectivity index (χ0) is 17.8. The lowest BCUT2D eigenvalue weighted by atomic mass is 10.3. The minimum Gasteiger partial charge on any atom is -0.309 e. The quantitative estimate of drug-likeness (QED) is 0.591. The Kier molecular flexibility index (Phi) is 5.95. The maximum Gasteiger partial charge on any atom is 0.236 e. The molecule has 0 saturated carbocycles. The Labute approximate surface area is 162 Å². The fraction of sp³-hybridized carbons (Fsp3) is 0.200. The average molecular weight is 414 g/mol.